The average molecular weight is 481 g/mol. The Bertz CT molecular complexity index is 991. The molecular weight excluding hydrogens is 456 g/mol. The molecule has 3 atom stereocenters. The highest BCUT2D eigenvalue weighted by atomic mass is 35.5. The molecule has 178 valence electrons. The highest BCUT2D eigenvalue weighted by Crippen LogP contribution is 2.38. The number of allylic oxidation sites excluding steroid dienone is 3. The third-order valence-corrected chi connectivity index (χ3v) is 5.31. The predicted octanol–water partition coefficient (Wildman–Crippen LogP) is 1.60. The molecule has 10 nitrogen and oxygen atoms in total. The van der Waals surface area contributed by atoms with Gasteiger partial charge in [-0.2, -0.15) is 0 Å². The van der Waals surface area contributed by atoms with Gasteiger partial charge in [0.25, 0.3) is 5.91 Å². The molecule has 2 heterocycles. The van der Waals surface area contributed by atoms with Crippen LogP contribution in [0.4, 0.5) is 0 Å². The van der Waals surface area contributed by atoms with Crippen LogP contribution in [0.3, 0.4) is 0 Å². The van der Waals surface area contributed by atoms with E-state index in [1.807, 2.05) is 6.08 Å². The number of oxime groups is 1. The zero-order chi connectivity index (χ0) is 24.0. The summed E-state index contributed by atoms with van der Waals surface area (Å²) in [4.78, 5) is 29.6. The molecule has 0 saturated carbocycles. The Balaban J connectivity index is 1.93. The van der Waals surface area contributed by atoms with Crippen molar-refractivity contribution in [3.05, 3.63) is 46.5 Å². The molecule has 3 rings (SSSR count). The molecule has 1 saturated heterocycles. The number of epoxide rings is 1. The summed E-state index contributed by atoms with van der Waals surface area (Å²) in [5.74, 6) is -2.21. The number of phenols is 2. The van der Waals surface area contributed by atoms with E-state index in [4.69, 9.17) is 31.0 Å². The third-order valence-electron chi connectivity index (χ3n) is 4.89. The van der Waals surface area contributed by atoms with Gasteiger partial charge in [0, 0.05) is 25.5 Å². The molecule has 1 aromatic carbocycles. The lowest BCUT2D eigenvalue weighted by Crippen LogP contribution is -2.29. The zero-order valence-corrected chi connectivity index (χ0v) is 18.6. The normalized spacial score (nSPS) is 25.7. The van der Waals surface area contributed by atoms with E-state index in [0.29, 0.717) is 6.42 Å². The smallest absolute Gasteiger partial charge is 0.342 e. The molecule has 1 fully saturated rings. The number of ether oxygens (including phenoxy) is 2. The number of aliphatic hydroxyl groups is 1. The van der Waals surface area contributed by atoms with Gasteiger partial charge in [0.2, 0.25) is 0 Å². The van der Waals surface area contributed by atoms with E-state index in [0.717, 1.165) is 6.07 Å². The molecule has 0 unspecified atom stereocenters. The van der Waals surface area contributed by atoms with Crippen LogP contribution in [0.1, 0.15) is 29.3 Å². The summed E-state index contributed by atoms with van der Waals surface area (Å²) in [6.45, 7) is 1.18. The van der Waals surface area contributed by atoms with Gasteiger partial charge in [-0.25, -0.2) is 4.79 Å². The Morgan fingerprint density at radius 3 is 2.88 bits per heavy atom. The van der Waals surface area contributed by atoms with Gasteiger partial charge in [-0.1, -0.05) is 35.0 Å². The van der Waals surface area contributed by atoms with Gasteiger partial charge in [0.15, 0.2) is 6.61 Å². The fraction of sp³-hybridized carbons (Fsp3) is 0.409. The molecule has 1 amide bonds. The lowest BCUT2D eigenvalue weighted by molar-refractivity contribution is -0.125. The van der Waals surface area contributed by atoms with Gasteiger partial charge in [-0.3, -0.25) is 4.79 Å². The number of esters is 1. The molecule has 0 radical (unpaired) electrons. The minimum absolute atomic E-state index is 0.0791. The first-order valence-electron chi connectivity index (χ1n) is 10.3. The summed E-state index contributed by atoms with van der Waals surface area (Å²) >= 11 is 6.26. The molecule has 0 spiro atoms. The second-order valence-electron chi connectivity index (χ2n) is 7.52. The van der Waals surface area contributed by atoms with Crippen LogP contribution in [-0.2, 0) is 25.5 Å². The number of rotatable bonds is 5. The van der Waals surface area contributed by atoms with Crippen molar-refractivity contribution in [3.8, 4) is 11.5 Å². The maximum absolute atomic E-state index is 12.9. The van der Waals surface area contributed by atoms with Gasteiger partial charge in [-0.05, 0) is 18.6 Å². The van der Waals surface area contributed by atoms with Crippen LogP contribution >= 0.6 is 11.6 Å². The molecule has 0 aliphatic carbocycles. The number of nitrogens with one attached hydrogen (secondary N) is 1. The van der Waals surface area contributed by atoms with E-state index in [1.54, 1.807) is 25.2 Å². The van der Waals surface area contributed by atoms with Crippen molar-refractivity contribution >= 4 is 29.2 Å². The van der Waals surface area contributed by atoms with Crippen LogP contribution < -0.4 is 5.32 Å². The Morgan fingerprint density at radius 1 is 1.33 bits per heavy atom. The molecule has 33 heavy (non-hydrogen) atoms. The Labute approximate surface area is 195 Å². The van der Waals surface area contributed by atoms with Crippen LogP contribution in [0.5, 0.6) is 11.5 Å². The second-order valence-corrected chi connectivity index (χ2v) is 7.90. The quantitative estimate of drug-likeness (QED) is 0.282. The van der Waals surface area contributed by atoms with E-state index in [1.165, 1.54) is 0 Å². The van der Waals surface area contributed by atoms with Crippen LogP contribution in [0.25, 0.3) is 0 Å². The number of carbonyl (C=O) groups excluding carboxylic acids is 2. The number of amides is 1. The average Bonchev–Trinajstić information content (AvgIpc) is 3.49. The van der Waals surface area contributed by atoms with E-state index in [-0.39, 0.29) is 53.6 Å². The molecule has 1 aromatic rings. The maximum atomic E-state index is 12.9. The van der Waals surface area contributed by atoms with Crippen molar-refractivity contribution in [3.63, 3.8) is 0 Å². The minimum atomic E-state index is -0.811. The number of nitrogens with zero attached hydrogens (tertiary/aromatic N) is 1. The number of hydrogen-bond acceptors (Lipinski definition) is 9. The first-order chi connectivity index (χ1) is 15.8. The van der Waals surface area contributed by atoms with E-state index >= 15 is 0 Å². The topological polar surface area (TPSA) is 150 Å². The number of fused-ring (bicyclic) bond motifs is 2. The fourth-order valence-electron chi connectivity index (χ4n) is 3.27. The summed E-state index contributed by atoms with van der Waals surface area (Å²) < 4.78 is 11.0. The molecular formula is C22H25ClN2O8. The molecule has 11 heteroatoms. The van der Waals surface area contributed by atoms with Crippen LogP contribution in [0, 0.1) is 0 Å². The maximum Gasteiger partial charge on any atom is 0.342 e. The lowest BCUT2D eigenvalue weighted by atomic mass is 9.99. The van der Waals surface area contributed by atoms with Crippen molar-refractivity contribution in [2.75, 3.05) is 19.8 Å². The van der Waals surface area contributed by atoms with Gasteiger partial charge >= 0.3 is 5.97 Å². The summed E-state index contributed by atoms with van der Waals surface area (Å²) in [6, 6.07) is 0.966. The SMILES string of the molecule is C[C@@H]1C[C@H]2O[C@@H]2/C=C/C=C/C(=N\OCC(=O)NCCO)Cc2c(Cl)c(O)cc(O)c2C(=O)O1. The lowest BCUT2D eigenvalue weighted by Gasteiger charge is -2.17. The molecule has 2 aliphatic heterocycles. The number of aromatic hydroxyl groups is 2. The Hall–Kier alpha value is -3.08. The van der Waals surface area contributed by atoms with E-state index < -0.39 is 36.1 Å². The van der Waals surface area contributed by atoms with Crippen molar-refractivity contribution in [1.82, 2.24) is 5.32 Å². The highest BCUT2D eigenvalue weighted by Gasteiger charge is 2.38. The van der Waals surface area contributed by atoms with E-state index in [9.17, 15) is 19.8 Å². The standard InChI is InChI=1S/C22H25ClN2O8/c1-12-8-18-17(33-18)5-3-2-4-13(25-31-11-19(29)24-6-7-26)9-14-20(22(30)32-12)15(27)10-16(28)21(14)23/h2-5,10,12,17-18,26-28H,6-9,11H2,1H3,(H,24,29)/b4-2+,5-3+,25-13+/t12-,17-,18-/m1/s1. The number of carbonyl (C=O) groups is 2. The molecule has 0 aromatic heterocycles. The highest BCUT2D eigenvalue weighted by molar-refractivity contribution is 6.33. The largest absolute Gasteiger partial charge is 0.507 e. The summed E-state index contributed by atoms with van der Waals surface area (Å²) in [6.07, 6.45) is 6.53. The van der Waals surface area contributed by atoms with Gasteiger partial charge in [-0.15, -0.1) is 0 Å². The summed E-state index contributed by atoms with van der Waals surface area (Å²) in [7, 11) is 0. The van der Waals surface area contributed by atoms with Gasteiger partial charge < -0.3 is 34.9 Å². The van der Waals surface area contributed by atoms with Crippen molar-refractivity contribution in [2.45, 2.75) is 38.1 Å². The fourth-order valence-corrected chi connectivity index (χ4v) is 3.49. The zero-order valence-electron chi connectivity index (χ0n) is 17.9. The number of hydrogen-bond donors (Lipinski definition) is 4. The Kier molecular flexibility index (Phi) is 8.32. The molecule has 4 N–H and O–H groups in total. The predicted molar refractivity (Wildman–Crippen MR) is 118 cm³/mol. The van der Waals surface area contributed by atoms with E-state index in [2.05, 4.69) is 10.5 Å². The van der Waals surface area contributed by atoms with Gasteiger partial charge in [0.1, 0.15) is 29.3 Å². The van der Waals surface area contributed by atoms with Crippen molar-refractivity contribution in [2.24, 2.45) is 5.16 Å². The number of halogens is 1. The van der Waals surface area contributed by atoms with Crippen molar-refractivity contribution < 1.29 is 39.2 Å². The third kappa shape index (κ3) is 6.70. The molecule has 2 aliphatic rings. The number of benzene rings is 1. The number of cyclic esters (lactones) is 1. The van der Waals surface area contributed by atoms with Crippen LogP contribution in [0.15, 0.2) is 35.5 Å². The monoisotopic (exact) mass is 480 g/mol. The summed E-state index contributed by atoms with van der Waals surface area (Å²) in [5, 5.41) is 35.4. The van der Waals surface area contributed by atoms with Crippen LogP contribution in [-0.4, -0.2) is 71.0 Å². The minimum Gasteiger partial charge on any atom is -0.507 e. The first kappa shape index (κ1) is 24.6. The number of phenolic OH excluding ortho intramolecular Hbond substituents is 2. The van der Waals surface area contributed by atoms with Crippen LogP contribution in [0.2, 0.25) is 5.02 Å². The number of aliphatic hydroxyl groups excluding tert-OH is 1. The first-order valence-corrected chi connectivity index (χ1v) is 10.7. The van der Waals surface area contributed by atoms with Gasteiger partial charge in [0.05, 0.1) is 23.4 Å². The second kappa shape index (κ2) is 11.2. The van der Waals surface area contributed by atoms with Crippen molar-refractivity contribution in [1.29, 1.82) is 0 Å². The molecule has 0 bridgehead atoms. The summed E-state index contributed by atoms with van der Waals surface area (Å²) in [5.41, 5.74) is 0.130. The Morgan fingerprint density at radius 2 is 2.12 bits per heavy atom.